The Morgan fingerprint density at radius 1 is 0.500 bits per heavy atom. The van der Waals surface area contributed by atoms with E-state index < -0.39 is 5.60 Å². The molecule has 0 fully saturated rings. The molecule has 180 valence electrons. The normalized spacial score (nSPS) is 11.3. The number of hydrogen-bond acceptors (Lipinski definition) is 5. The van der Waals surface area contributed by atoms with Crippen LogP contribution >= 0.6 is 0 Å². The van der Waals surface area contributed by atoms with Crippen molar-refractivity contribution in [3.8, 4) is 0 Å². The Morgan fingerprint density at radius 3 is 1.24 bits per heavy atom. The summed E-state index contributed by atoms with van der Waals surface area (Å²) in [7, 11) is 0. The van der Waals surface area contributed by atoms with Crippen LogP contribution in [0, 0.1) is 0 Å². The molecule has 5 heteroatoms. The fourth-order valence-electron chi connectivity index (χ4n) is 3.75. The quantitative estimate of drug-likeness (QED) is 0.157. The van der Waals surface area contributed by atoms with Gasteiger partial charge in [-0.3, -0.25) is 0 Å². The van der Waals surface area contributed by atoms with Crippen molar-refractivity contribution in [2.75, 3.05) is 52.9 Å². The lowest BCUT2D eigenvalue weighted by molar-refractivity contribution is -0.0376. The summed E-state index contributed by atoms with van der Waals surface area (Å²) in [5.74, 6) is 0. The molecule has 0 amide bonds. The standard InChI is InChI=1S/C29H34O5/c1-2-30-18-19-31-20-21-32-22-23-33-24-25-34-29(26-12-6-3-7-13-26,27-14-8-4-9-15-27)28-16-10-5-11-17-28/h2-17H,1,18-25H2. The molecule has 0 saturated heterocycles. The van der Waals surface area contributed by atoms with E-state index in [9.17, 15) is 0 Å². The van der Waals surface area contributed by atoms with Crippen LogP contribution in [0.15, 0.2) is 104 Å². The lowest BCUT2D eigenvalue weighted by atomic mass is 9.80. The molecule has 3 rings (SSSR count). The monoisotopic (exact) mass is 462 g/mol. The molecule has 0 aliphatic heterocycles. The number of rotatable bonds is 17. The molecule has 0 aromatic heterocycles. The van der Waals surface area contributed by atoms with Crippen LogP contribution < -0.4 is 0 Å². The van der Waals surface area contributed by atoms with E-state index in [1.165, 1.54) is 6.26 Å². The molecule has 0 aliphatic rings. The molecule has 0 saturated carbocycles. The van der Waals surface area contributed by atoms with E-state index in [1.54, 1.807) is 0 Å². The van der Waals surface area contributed by atoms with Gasteiger partial charge in [0.25, 0.3) is 0 Å². The molecule has 3 aromatic carbocycles. The molecule has 0 bridgehead atoms. The molecule has 0 unspecified atom stereocenters. The third-order valence-electron chi connectivity index (χ3n) is 5.29. The van der Waals surface area contributed by atoms with Gasteiger partial charge in [0.2, 0.25) is 0 Å². The van der Waals surface area contributed by atoms with Gasteiger partial charge in [-0.05, 0) is 16.7 Å². The summed E-state index contributed by atoms with van der Waals surface area (Å²) in [5.41, 5.74) is 2.51. The van der Waals surface area contributed by atoms with E-state index in [0.29, 0.717) is 52.9 Å². The molecule has 5 nitrogen and oxygen atoms in total. The lowest BCUT2D eigenvalue weighted by Gasteiger charge is -2.36. The van der Waals surface area contributed by atoms with Crippen LogP contribution in [0.5, 0.6) is 0 Å². The second-order valence-corrected chi connectivity index (χ2v) is 7.50. The average molecular weight is 463 g/mol. The Labute approximate surface area is 202 Å². The SMILES string of the molecule is C=COCCOCCOCCOCCOC(c1ccccc1)(c1ccccc1)c1ccccc1. The number of ether oxygens (including phenoxy) is 5. The molecule has 0 radical (unpaired) electrons. The van der Waals surface area contributed by atoms with Crippen molar-refractivity contribution in [2.24, 2.45) is 0 Å². The fourth-order valence-corrected chi connectivity index (χ4v) is 3.75. The van der Waals surface area contributed by atoms with E-state index in [1.807, 2.05) is 54.6 Å². The molecule has 0 atom stereocenters. The first-order valence-electron chi connectivity index (χ1n) is 11.6. The minimum absolute atomic E-state index is 0.436. The second-order valence-electron chi connectivity index (χ2n) is 7.50. The zero-order chi connectivity index (χ0) is 23.7. The average Bonchev–Trinajstić information content (AvgIpc) is 2.91. The molecule has 0 N–H and O–H groups in total. The van der Waals surface area contributed by atoms with Gasteiger partial charge in [0, 0.05) is 0 Å². The predicted molar refractivity (Wildman–Crippen MR) is 134 cm³/mol. The summed E-state index contributed by atoms with van der Waals surface area (Å²) >= 11 is 0. The second kappa shape index (κ2) is 15.0. The highest BCUT2D eigenvalue weighted by Gasteiger charge is 2.37. The van der Waals surface area contributed by atoms with Crippen molar-refractivity contribution in [3.05, 3.63) is 121 Å². The van der Waals surface area contributed by atoms with Crippen molar-refractivity contribution in [1.82, 2.24) is 0 Å². The van der Waals surface area contributed by atoms with Gasteiger partial charge in [-0.25, -0.2) is 0 Å². The van der Waals surface area contributed by atoms with Crippen LogP contribution in [0.1, 0.15) is 16.7 Å². The Morgan fingerprint density at radius 2 is 0.853 bits per heavy atom. The van der Waals surface area contributed by atoms with Gasteiger partial charge in [-0.15, -0.1) is 0 Å². The zero-order valence-electron chi connectivity index (χ0n) is 19.6. The number of benzene rings is 3. The van der Waals surface area contributed by atoms with Crippen LogP contribution in [0.25, 0.3) is 0 Å². The summed E-state index contributed by atoms with van der Waals surface area (Å²) in [5, 5.41) is 0. The Hall–Kier alpha value is -2.96. The van der Waals surface area contributed by atoms with E-state index in [0.717, 1.165) is 16.7 Å². The lowest BCUT2D eigenvalue weighted by Crippen LogP contribution is -2.34. The van der Waals surface area contributed by atoms with Crippen LogP contribution in [-0.2, 0) is 29.3 Å². The van der Waals surface area contributed by atoms with Gasteiger partial charge in [0.1, 0.15) is 12.2 Å². The van der Waals surface area contributed by atoms with Crippen LogP contribution in [-0.4, -0.2) is 52.9 Å². The van der Waals surface area contributed by atoms with Crippen molar-refractivity contribution >= 4 is 0 Å². The van der Waals surface area contributed by atoms with Gasteiger partial charge in [0.05, 0.1) is 52.5 Å². The summed E-state index contributed by atoms with van der Waals surface area (Å²) in [6, 6.07) is 31.0. The summed E-state index contributed by atoms with van der Waals surface area (Å²) in [4.78, 5) is 0. The largest absolute Gasteiger partial charge is 0.499 e. The summed E-state index contributed by atoms with van der Waals surface area (Å²) < 4.78 is 28.4. The van der Waals surface area contributed by atoms with Crippen LogP contribution in [0.4, 0.5) is 0 Å². The van der Waals surface area contributed by atoms with Crippen LogP contribution in [0.2, 0.25) is 0 Å². The predicted octanol–water partition coefficient (Wildman–Crippen LogP) is 5.21. The van der Waals surface area contributed by atoms with Crippen molar-refractivity contribution in [2.45, 2.75) is 5.60 Å². The van der Waals surface area contributed by atoms with Gasteiger partial charge in [-0.2, -0.15) is 0 Å². The fraction of sp³-hybridized carbons (Fsp3) is 0.310. The highest BCUT2D eigenvalue weighted by molar-refractivity contribution is 5.47. The molecule has 0 heterocycles. The number of hydrogen-bond donors (Lipinski definition) is 0. The maximum atomic E-state index is 6.68. The Balaban J connectivity index is 1.54. The molecule has 3 aromatic rings. The van der Waals surface area contributed by atoms with Gasteiger partial charge < -0.3 is 23.7 Å². The Kier molecular flexibility index (Phi) is 11.4. The van der Waals surface area contributed by atoms with E-state index in [4.69, 9.17) is 23.7 Å². The highest BCUT2D eigenvalue weighted by atomic mass is 16.6. The molecular weight excluding hydrogens is 428 g/mol. The van der Waals surface area contributed by atoms with Gasteiger partial charge in [-0.1, -0.05) is 97.6 Å². The van der Waals surface area contributed by atoms with Crippen LogP contribution in [0.3, 0.4) is 0 Å². The van der Waals surface area contributed by atoms with Gasteiger partial charge in [0.15, 0.2) is 0 Å². The summed E-state index contributed by atoms with van der Waals surface area (Å²) in [6.45, 7) is 7.46. The third-order valence-corrected chi connectivity index (χ3v) is 5.29. The van der Waals surface area contributed by atoms with Crippen molar-refractivity contribution in [3.63, 3.8) is 0 Å². The molecule has 0 spiro atoms. The topological polar surface area (TPSA) is 46.2 Å². The highest BCUT2D eigenvalue weighted by Crippen LogP contribution is 2.40. The minimum Gasteiger partial charge on any atom is -0.499 e. The molecule has 0 aliphatic carbocycles. The smallest absolute Gasteiger partial charge is 0.143 e. The first-order valence-corrected chi connectivity index (χ1v) is 11.6. The maximum absolute atomic E-state index is 6.68. The van der Waals surface area contributed by atoms with E-state index in [2.05, 4.69) is 43.0 Å². The zero-order valence-corrected chi connectivity index (χ0v) is 19.6. The summed E-state index contributed by atoms with van der Waals surface area (Å²) in [6.07, 6.45) is 1.41. The van der Waals surface area contributed by atoms with E-state index >= 15 is 0 Å². The minimum atomic E-state index is -0.726. The van der Waals surface area contributed by atoms with E-state index in [-0.39, 0.29) is 0 Å². The third kappa shape index (κ3) is 7.54. The first-order chi connectivity index (χ1) is 16.9. The maximum Gasteiger partial charge on any atom is 0.143 e. The molecule has 34 heavy (non-hydrogen) atoms. The van der Waals surface area contributed by atoms with Crippen molar-refractivity contribution in [1.29, 1.82) is 0 Å². The van der Waals surface area contributed by atoms with Crippen molar-refractivity contribution < 1.29 is 23.7 Å². The first kappa shape index (κ1) is 25.7. The molecular formula is C29H34O5. The Bertz CT molecular complexity index is 818. The van der Waals surface area contributed by atoms with Gasteiger partial charge >= 0.3 is 0 Å².